The summed E-state index contributed by atoms with van der Waals surface area (Å²) >= 11 is 0. The van der Waals surface area contributed by atoms with E-state index in [1.54, 1.807) is 42.0 Å². The molecule has 0 bridgehead atoms. The van der Waals surface area contributed by atoms with Gasteiger partial charge in [-0.1, -0.05) is 0 Å². The smallest absolute Gasteiger partial charge is 0.252 e. The number of nitrogens with one attached hydrogen (secondary N) is 1. The number of carbonyl (C=O) groups excluding carboxylic acids is 1. The van der Waals surface area contributed by atoms with Gasteiger partial charge in [0, 0.05) is 24.7 Å². The first kappa shape index (κ1) is 13.4. The molecular formula is C16H16N2O3. The summed E-state index contributed by atoms with van der Waals surface area (Å²) < 4.78 is 6.72. The number of anilines is 1. The van der Waals surface area contributed by atoms with Crippen molar-refractivity contribution < 1.29 is 9.53 Å². The normalized spacial score (nSPS) is 13.2. The molecule has 5 heteroatoms. The first-order chi connectivity index (χ1) is 10.2. The second-order valence-corrected chi connectivity index (χ2v) is 4.92. The highest BCUT2D eigenvalue weighted by atomic mass is 16.5. The number of benzene rings is 1. The Morgan fingerprint density at radius 2 is 1.95 bits per heavy atom. The maximum atomic E-state index is 12.6. The van der Waals surface area contributed by atoms with Gasteiger partial charge in [0.25, 0.3) is 5.56 Å². The van der Waals surface area contributed by atoms with Crippen LogP contribution in [0, 0.1) is 0 Å². The lowest BCUT2D eigenvalue weighted by Gasteiger charge is -2.22. The summed E-state index contributed by atoms with van der Waals surface area (Å²) in [4.78, 5) is 24.5. The maximum absolute atomic E-state index is 12.6. The number of methoxy groups -OCH3 is 1. The highest BCUT2D eigenvalue weighted by molar-refractivity contribution is 6.12. The summed E-state index contributed by atoms with van der Waals surface area (Å²) in [6.07, 6.45) is 0.882. The molecule has 1 aromatic heterocycles. The molecule has 0 radical (unpaired) electrons. The van der Waals surface area contributed by atoms with Crippen molar-refractivity contribution in [2.75, 3.05) is 19.0 Å². The van der Waals surface area contributed by atoms with Crippen LogP contribution in [0.3, 0.4) is 0 Å². The van der Waals surface area contributed by atoms with Crippen molar-refractivity contribution in [3.8, 4) is 5.75 Å². The zero-order valence-electron chi connectivity index (χ0n) is 11.8. The first-order valence-electron chi connectivity index (χ1n) is 6.87. The molecule has 5 nitrogen and oxygen atoms in total. The molecule has 3 rings (SSSR count). The standard InChI is InChI=1S/C16H16N2O3/c1-21-12-5-3-11(4-6-12)15(20)13-7-8-14(19)18-10-2-9-17-16(13)18/h3-8,17H,2,9-10H2,1H3. The van der Waals surface area contributed by atoms with Gasteiger partial charge in [-0.3, -0.25) is 14.2 Å². The lowest BCUT2D eigenvalue weighted by atomic mass is 10.0. The summed E-state index contributed by atoms with van der Waals surface area (Å²) in [7, 11) is 1.58. The lowest BCUT2D eigenvalue weighted by molar-refractivity contribution is 0.103. The minimum atomic E-state index is -0.101. The van der Waals surface area contributed by atoms with E-state index in [-0.39, 0.29) is 11.3 Å². The molecule has 0 saturated heterocycles. The third-order valence-corrected chi connectivity index (χ3v) is 3.63. The van der Waals surface area contributed by atoms with Gasteiger partial charge in [0.05, 0.1) is 12.7 Å². The molecular weight excluding hydrogens is 268 g/mol. The number of rotatable bonds is 3. The molecule has 1 aromatic carbocycles. The summed E-state index contributed by atoms with van der Waals surface area (Å²) in [5, 5.41) is 3.16. The largest absolute Gasteiger partial charge is 0.497 e. The van der Waals surface area contributed by atoms with Crippen molar-refractivity contribution in [2.45, 2.75) is 13.0 Å². The number of aromatic nitrogens is 1. The zero-order chi connectivity index (χ0) is 14.8. The number of hydrogen-bond acceptors (Lipinski definition) is 4. The zero-order valence-corrected chi connectivity index (χ0v) is 11.8. The van der Waals surface area contributed by atoms with Crippen molar-refractivity contribution in [1.29, 1.82) is 0 Å². The fourth-order valence-electron chi connectivity index (χ4n) is 2.52. The van der Waals surface area contributed by atoms with Crippen molar-refractivity contribution in [1.82, 2.24) is 4.57 Å². The topological polar surface area (TPSA) is 60.3 Å². The highest BCUT2D eigenvalue weighted by Gasteiger charge is 2.19. The molecule has 0 saturated carbocycles. The van der Waals surface area contributed by atoms with Gasteiger partial charge >= 0.3 is 0 Å². The third-order valence-electron chi connectivity index (χ3n) is 3.63. The van der Waals surface area contributed by atoms with Gasteiger partial charge in [-0.15, -0.1) is 0 Å². The monoisotopic (exact) mass is 284 g/mol. The van der Waals surface area contributed by atoms with E-state index < -0.39 is 0 Å². The number of fused-ring (bicyclic) bond motifs is 1. The van der Waals surface area contributed by atoms with Crippen LogP contribution in [0.4, 0.5) is 5.82 Å². The molecule has 0 aliphatic carbocycles. The van der Waals surface area contributed by atoms with Crippen molar-refractivity contribution in [3.05, 3.63) is 57.9 Å². The number of hydrogen-bond donors (Lipinski definition) is 1. The Hall–Kier alpha value is -2.56. The number of ketones is 1. The van der Waals surface area contributed by atoms with Gasteiger partial charge in [0.1, 0.15) is 11.6 Å². The van der Waals surface area contributed by atoms with E-state index in [1.807, 2.05) is 0 Å². The molecule has 0 unspecified atom stereocenters. The molecule has 0 fully saturated rings. The van der Waals surface area contributed by atoms with E-state index in [4.69, 9.17) is 4.74 Å². The van der Waals surface area contributed by atoms with Crippen LogP contribution in [0.25, 0.3) is 0 Å². The molecule has 21 heavy (non-hydrogen) atoms. The Kier molecular flexibility index (Phi) is 3.48. The minimum absolute atomic E-state index is 0.0801. The molecule has 1 aliphatic rings. The second-order valence-electron chi connectivity index (χ2n) is 4.92. The van der Waals surface area contributed by atoms with Gasteiger partial charge in [-0.25, -0.2) is 0 Å². The fraction of sp³-hybridized carbons (Fsp3) is 0.250. The predicted molar refractivity (Wildman–Crippen MR) is 80.2 cm³/mol. The van der Waals surface area contributed by atoms with Crippen molar-refractivity contribution in [2.24, 2.45) is 0 Å². The van der Waals surface area contributed by atoms with Crippen LogP contribution >= 0.6 is 0 Å². The molecule has 0 spiro atoms. The van der Waals surface area contributed by atoms with E-state index in [0.29, 0.717) is 29.2 Å². The van der Waals surface area contributed by atoms with Crippen LogP contribution in [0.5, 0.6) is 5.75 Å². The Labute approximate surface area is 122 Å². The fourth-order valence-corrected chi connectivity index (χ4v) is 2.52. The Morgan fingerprint density at radius 1 is 1.19 bits per heavy atom. The van der Waals surface area contributed by atoms with E-state index in [1.165, 1.54) is 6.07 Å². The number of carbonyl (C=O) groups is 1. The van der Waals surface area contributed by atoms with Gasteiger partial charge < -0.3 is 10.1 Å². The number of nitrogens with zero attached hydrogens (tertiary/aromatic N) is 1. The van der Waals surface area contributed by atoms with E-state index in [9.17, 15) is 9.59 Å². The summed E-state index contributed by atoms with van der Waals surface area (Å²) in [6, 6.07) is 10.0. The molecule has 1 N–H and O–H groups in total. The van der Waals surface area contributed by atoms with Gasteiger partial charge in [-0.05, 0) is 36.8 Å². The van der Waals surface area contributed by atoms with Gasteiger partial charge in [0.2, 0.25) is 0 Å². The molecule has 0 atom stereocenters. The van der Waals surface area contributed by atoms with E-state index in [0.717, 1.165) is 13.0 Å². The third kappa shape index (κ3) is 2.42. The van der Waals surface area contributed by atoms with Crippen LogP contribution in [0.15, 0.2) is 41.2 Å². The predicted octanol–water partition coefficient (Wildman–Crippen LogP) is 1.90. The van der Waals surface area contributed by atoms with Crippen LogP contribution in [0.1, 0.15) is 22.3 Å². The van der Waals surface area contributed by atoms with E-state index in [2.05, 4.69) is 5.32 Å². The number of ether oxygens (including phenoxy) is 1. The van der Waals surface area contributed by atoms with Crippen LogP contribution in [0.2, 0.25) is 0 Å². The van der Waals surface area contributed by atoms with Crippen LogP contribution < -0.4 is 15.6 Å². The Morgan fingerprint density at radius 3 is 2.67 bits per heavy atom. The Balaban J connectivity index is 2.03. The minimum Gasteiger partial charge on any atom is -0.497 e. The van der Waals surface area contributed by atoms with Gasteiger partial charge in [-0.2, -0.15) is 0 Å². The highest BCUT2D eigenvalue weighted by Crippen LogP contribution is 2.22. The lowest BCUT2D eigenvalue weighted by Crippen LogP contribution is -2.30. The van der Waals surface area contributed by atoms with E-state index >= 15 is 0 Å². The van der Waals surface area contributed by atoms with Crippen molar-refractivity contribution >= 4 is 11.6 Å². The van der Waals surface area contributed by atoms with Crippen molar-refractivity contribution in [3.63, 3.8) is 0 Å². The van der Waals surface area contributed by atoms with Gasteiger partial charge in [0.15, 0.2) is 5.78 Å². The Bertz CT molecular complexity index is 732. The maximum Gasteiger partial charge on any atom is 0.252 e. The number of pyridine rings is 1. The summed E-state index contributed by atoms with van der Waals surface area (Å²) in [5.74, 6) is 1.22. The second kappa shape index (κ2) is 5.44. The average Bonchev–Trinajstić information content (AvgIpc) is 2.55. The van der Waals surface area contributed by atoms with Crippen LogP contribution in [-0.2, 0) is 6.54 Å². The van der Waals surface area contributed by atoms with Crippen LogP contribution in [-0.4, -0.2) is 24.0 Å². The molecule has 1 aliphatic heterocycles. The molecule has 2 heterocycles. The quantitative estimate of drug-likeness (QED) is 0.875. The average molecular weight is 284 g/mol. The first-order valence-corrected chi connectivity index (χ1v) is 6.87. The molecule has 0 amide bonds. The SMILES string of the molecule is COc1ccc(C(=O)c2ccc(=O)n3c2NCCC3)cc1. The summed E-state index contributed by atoms with van der Waals surface area (Å²) in [6.45, 7) is 1.41. The molecule has 108 valence electrons. The summed E-state index contributed by atoms with van der Waals surface area (Å²) in [5.41, 5.74) is 1.02. The molecule has 2 aromatic rings.